The Morgan fingerprint density at radius 3 is 2.63 bits per heavy atom. The number of phenols is 3. The molecule has 0 radical (unpaired) electrons. The molecule has 0 fully saturated rings. The van der Waals surface area contributed by atoms with Crippen LogP contribution in [0.25, 0.3) is 22.3 Å². The highest BCUT2D eigenvalue weighted by molar-refractivity contribution is 5.94. The molecule has 0 bridgehead atoms. The number of phenolic OH excluding ortho intramolecular Hbond substituents is 3. The Morgan fingerprint density at radius 2 is 1.87 bits per heavy atom. The van der Waals surface area contributed by atoms with Crippen LogP contribution in [0, 0.1) is 0 Å². The molecule has 30 heavy (non-hydrogen) atoms. The number of hydrogen-bond acceptors (Lipinski definition) is 5. The lowest BCUT2D eigenvalue weighted by molar-refractivity contribution is 0.298. The fourth-order valence-corrected chi connectivity index (χ4v) is 3.81. The van der Waals surface area contributed by atoms with E-state index in [-0.39, 0.29) is 23.9 Å². The molecule has 0 aliphatic carbocycles. The molecular formula is C25H26O5. The van der Waals surface area contributed by atoms with E-state index in [9.17, 15) is 15.3 Å². The van der Waals surface area contributed by atoms with Gasteiger partial charge in [-0.1, -0.05) is 23.3 Å². The number of allylic oxidation sites excluding steroid dienone is 4. The maximum absolute atomic E-state index is 10.5. The predicted octanol–water partition coefficient (Wildman–Crippen LogP) is 6.34. The first-order chi connectivity index (χ1) is 14.3. The van der Waals surface area contributed by atoms with Gasteiger partial charge in [0.2, 0.25) is 0 Å². The number of ether oxygens (including phenoxy) is 1. The molecule has 1 aliphatic rings. The van der Waals surface area contributed by atoms with Gasteiger partial charge in [0.25, 0.3) is 0 Å². The topological polar surface area (TPSA) is 83.1 Å². The van der Waals surface area contributed by atoms with Crippen molar-refractivity contribution in [2.45, 2.75) is 46.6 Å². The Kier molecular flexibility index (Phi) is 5.20. The SMILES string of the molecule is CC(C)=CCC/C(C)=C/Cc1c(O)c(O)cc2c3c(oc12)-c1ccc(O)cc1OC3. The number of aromatic hydroxyl groups is 3. The normalized spacial score (nSPS) is 13.0. The van der Waals surface area contributed by atoms with Crippen LogP contribution in [0.2, 0.25) is 0 Å². The number of benzene rings is 2. The summed E-state index contributed by atoms with van der Waals surface area (Å²) in [5.41, 5.74) is 5.18. The Bertz CT molecular complexity index is 1180. The lowest BCUT2D eigenvalue weighted by Gasteiger charge is -2.16. The molecule has 2 heterocycles. The van der Waals surface area contributed by atoms with E-state index >= 15 is 0 Å². The van der Waals surface area contributed by atoms with Crippen molar-refractivity contribution in [2.75, 3.05) is 0 Å². The van der Waals surface area contributed by atoms with Gasteiger partial charge in [0.1, 0.15) is 29.4 Å². The van der Waals surface area contributed by atoms with Crippen molar-refractivity contribution in [1.29, 1.82) is 0 Å². The van der Waals surface area contributed by atoms with Gasteiger partial charge in [-0.25, -0.2) is 0 Å². The van der Waals surface area contributed by atoms with Crippen LogP contribution in [0.15, 0.2) is 52.0 Å². The van der Waals surface area contributed by atoms with E-state index in [2.05, 4.69) is 32.9 Å². The quantitative estimate of drug-likeness (QED) is 0.340. The van der Waals surface area contributed by atoms with E-state index in [1.165, 1.54) is 17.2 Å². The summed E-state index contributed by atoms with van der Waals surface area (Å²) >= 11 is 0. The van der Waals surface area contributed by atoms with Gasteiger partial charge in [0, 0.05) is 22.6 Å². The summed E-state index contributed by atoms with van der Waals surface area (Å²) in [4.78, 5) is 0. The van der Waals surface area contributed by atoms with Crippen LogP contribution in [-0.2, 0) is 13.0 Å². The molecule has 3 N–H and O–H groups in total. The highest BCUT2D eigenvalue weighted by Crippen LogP contribution is 2.47. The largest absolute Gasteiger partial charge is 0.508 e. The molecule has 0 amide bonds. The van der Waals surface area contributed by atoms with Gasteiger partial charge in [-0.3, -0.25) is 0 Å². The minimum Gasteiger partial charge on any atom is -0.508 e. The lowest BCUT2D eigenvalue weighted by atomic mass is 9.99. The van der Waals surface area contributed by atoms with Crippen LogP contribution in [0.4, 0.5) is 0 Å². The van der Waals surface area contributed by atoms with Crippen molar-refractivity contribution in [1.82, 2.24) is 0 Å². The Morgan fingerprint density at radius 1 is 1.07 bits per heavy atom. The molecule has 2 aromatic carbocycles. The highest BCUT2D eigenvalue weighted by Gasteiger charge is 2.27. The molecule has 0 saturated carbocycles. The van der Waals surface area contributed by atoms with Crippen molar-refractivity contribution in [2.24, 2.45) is 0 Å². The van der Waals surface area contributed by atoms with Crippen molar-refractivity contribution in [3.05, 3.63) is 58.7 Å². The van der Waals surface area contributed by atoms with E-state index in [1.807, 2.05) is 0 Å². The predicted molar refractivity (Wildman–Crippen MR) is 117 cm³/mol. The van der Waals surface area contributed by atoms with Crippen LogP contribution in [0.5, 0.6) is 23.0 Å². The van der Waals surface area contributed by atoms with E-state index in [4.69, 9.17) is 9.15 Å². The van der Waals surface area contributed by atoms with Gasteiger partial charge in [-0.2, -0.15) is 0 Å². The first-order valence-electron chi connectivity index (χ1n) is 10.1. The standard InChI is InChI=1S/C25H26O5/c1-14(2)5-4-6-15(3)7-9-18-23(28)21(27)12-19-20-13-29-22-11-16(26)8-10-17(22)24(20)30-25(18)19/h5,7-8,10-12,26-28H,4,6,9,13H2,1-3H3/b15-7+. The molecule has 156 valence electrons. The van der Waals surface area contributed by atoms with Gasteiger partial charge in [0.05, 0.1) is 5.56 Å². The molecule has 0 atom stereocenters. The van der Waals surface area contributed by atoms with Gasteiger partial charge < -0.3 is 24.5 Å². The maximum Gasteiger partial charge on any atom is 0.164 e. The summed E-state index contributed by atoms with van der Waals surface area (Å²) in [6.45, 7) is 6.50. The summed E-state index contributed by atoms with van der Waals surface area (Å²) in [7, 11) is 0. The highest BCUT2D eigenvalue weighted by atomic mass is 16.5. The van der Waals surface area contributed by atoms with E-state index in [0.717, 1.165) is 29.4 Å². The van der Waals surface area contributed by atoms with Gasteiger partial charge in [-0.15, -0.1) is 0 Å². The summed E-state index contributed by atoms with van der Waals surface area (Å²) in [6, 6.07) is 6.41. The van der Waals surface area contributed by atoms with E-state index in [1.54, 1.807) is 18.2 Å². The first kappa shape index (κ1) is 20.0. The van der Waals surface area contributed by atoms with Gasteiger partial charge in [0.15, 0.2) is 11.5 Å². The molecule has 1 aliphatic heterocycles. The summed E-state index contributed by atoms with van der Waals surface area (Å²) in [5, 5.41) is 31.3. The van der Waals surface area contributed by atoms with Crippen molar-refractivity contribution < 1.29 is 24.5 Å². The van der Waals surface area contributed by atoms with Crippen molar-refractivity contribution in [3.63, 3.8) is 0 Å². The first-order valence-corrected chi connectivity index (χ1v) is 10.1. The minimum atomic E-state index is -0.173. The molecule has 1 aromatic heterocycles. The molecule has 5 heteroatoms. The molecular weight excluding hydrogens is 380 g/mol. The molecule has 0 unspecified atom stereocenters. The molecule has 5 nitrogen and oxygen atoms in total. The number of furan rings is 1. The van der Waals surface area contributed by atoms with Gasteiger partial charge >= 0.3 is 0 Å². The molecule has 3 aromatic rings. The fraction of sp³-hybridized carbons (Fsp3) is 0.280. The Balaban J connectivity index is 1.75. The smallest absolute Gasteiger partial charge is 0.164 e. The van der Waals surface area contributed by atoms with Gasteiger partial charge in [-0.05, 0) is 58.2 Å². The average molecular weight is 406 g/mol. The third-order valence-corrected chi connectivity index (χ3v) is 5.46. The number of fused-ring (bicyclic) bond motifs is 5. The second kappa shape index (κ2) is 7.82. The van der Waals surface area contributed by atoms with Crippen molar-refractivity contribution >= 4 is 11.0 Å². The lowest BCUT2D eigenvalue weighted by Crippen LogP contribution is -2.03. The maximum atomic E-state index is 10.5. The second-order valence-corrected chi connectivity index (χ2v) is 8.05. The van der Waals surface area contributed by atoms with E-state index < -0.39 is 0 Å². The van der Waals surface area contributed by atoms with Crippen LogP contribution in [0.3, 0.4) is 0 Å². The number of hydrogen-bond donors (Lipinski definition) is 3. The fourth-order valence-electron chi connectivity index (χ4n) is 3.81. The van der Waals surface area contributed by atoms with Crippen LogP contribution >= 0.6 is 0 Å². The van der Waals surface area contributed by atoms with Crippen molar-refractivity contribution in [3.8, 4) is 34.3 Å². The third kappa shape index (κ3) is 3.63. The van der Waals surface area contributed by atoms with Crippen LogP contribution < -0.4 is 4.74 Å². The summed E-state index contributed by atoms with van der Waals surface area (Å²) in [5.74, 6) is 0.980. The second-order valence-electron chi connectivity index (χ2n) is 8.05. The summed E-state index contributed by atoms with van der Waals surface area (Å²) < 4.78 is 12.0. The molecule has 0 spiro atoms. The Labute approximate surface area is 175 Å². The van der Waals surface area contributed by atoms with E-state index in [0.29, 0.717) is 29.1 Å². The molecule has 0 saturated heterocycles. The zero-order valence-corrected chi connectivity index (χ0v) is 17.5. The van der Waals surface area contributed by atoms with Crippen LogP contribution in [0.1, 0.15) is 44.7 Å². The zero-order chi connectivity index (χ0) is 21.4. The number of rotatable bonds is 5. The summed E-state index contributed by atoms with van der Waals surface area (Å²) in [6.07, 6.45) is 6.64. The molecule has 4 rings (SSSR count). The average Bonchev–Trinajstić information content (AvgIpc) is 3.06. The zero-order valence-electron chi connectivity index (χ0n) is 17.5. The van der Waals surface area contributed by atoms with Crippen LogP contribution in [-0.4, -0.2) is 15.3 Å². The monoisotopic (exact) mass is 406 g/mol. The third-order valence-electron chi connectivity index (χ3n) is 5.46. The minimum absolute atomic E-state index is 0.123. The Hall–Kier alpha value is -3.34.